The fraction of sp³-hybridized carbons (Fsp3) is 0.583. The van der Waals surface area contributed by atoms with E-state index in [4.69, 9.17) is 0 Å². The second-order valence-electron chi connectivity index (χ2n) is 4.70. The van der Waals surface area contributed by atoms with E-state index in [-0.39, 0.29) is 0 Å². The summed E-state index contributed by atoms with van der Waals surface area (Å²) >= 11 is 1.69. The standard InChI is InChI=1S/C12H19N3S/c1-4-12(2,9-13-3)7-10-8-15-5-6-16-11(15)14-10/h5-6,8,13H,4,7,9H2,1-3H3. The lowest BCUT2D eigenvalue weighted by molar-refractivity contribution is 0.296. The first-order valence-corrected chi connectivity index (χ1v) is 6.60. The molecule has 2 aromatic heterocycles. The van der Waals surface area contributed by atoms with Crippen molar-refractivity contribution in [2.24, 2.45) is 5.41 Å². The maximum absolute atomic E-state index is 4.64. The van der Waals surface area contributed by atoms with E-state index < -0.39 is 0 Å². The molecule has 2 aromatic rings. The van der Waals surface area contributed by atoms with Crippen molar-refractivity contribution >= 4 is 16.3 Å². The van der Waals surface area contributed by atoms with Gasteiger partial charge in [-0.3, -0.25) is 4.40 Å². The van der Waals surface area contributed by atoms with Gasteiger partial charge in [0.05, 0.1) is 5.69 Å². The van der Waals surface area contributed by atoms with Crippen LogP contribution < -0.4 is 5.32 Å². The molecular weight excluding hydrogens is 218 g/mol. The molecule has 0 bridgehead atoms. The molecule has 0 radical (unpaired) electrons. The minimum atomic E-state index is 0.304. The van der Waals surface area contributed by atoms with Crippen LogP contribution in [-0.2, 0) is 6.42 Å². The van der Waals surface area contributed by atoms with Gasteiger partial charge in [0.1, 0.15) is 0 Å². The predicted octanol–water partition coefficient (Wildman–Crippen LogP) is 2.57. The fourth-order valence-corrected chi connectivity index (χ4v) is 2.76. The summed E-state index contributed by atoms with van der Waals surface area (Å²) in [6, 6.07) is 0. The Kier molecular flexibility index (Phi) is 3.30. The van der Waals surface area contributed by atoms with Gasteiger partial charge in [0, 0.05) is 24.3 Å². The van der Waals surface area contributed by atoms with Crippen LogP contribution in [0.25, 0.3) is 4.96 Å². The summed E-state index contributed by atoms with van der Waals surface area (Å²) < 4.78 is 2.11. The van der Waals surface area contributed by atoms with Crippen molar-refractivity contribution in [1.29, 1.82) is 0 Å². The number of aromatic nitrogens is 2. The SMILES string of the molecule is CCC(C)(CNC)Cc1cn2ccsc2n1. The highest BCUT2D eigenvalue weighted by atomic mass is 32.1. The van der Waals surface area contributed by atoms with Crippen LogP contribution in [0.3, 0.4) is 0 Å². The number of nitrogens with one attached hydrogen (secondary N) is 1. The van der Waals surface area contributed by atoms with Gasteiger partial charge in [0.15, 0.2) is 4.96 Å². The van der Waals surface area contributed by atoms with E-state index in [2.05, 4.69) is 46.3 Å². The van der Waals surface area contributed by atoms with Gasteiger partial charge >= 0.3 is 0 Å². The first-order valence-electron chi connectivity index (χ1n) is 5.72. The van der Waals surface area contributed by atoms with E-state index in [1.165, 1.54) is 12.1 Å². The molecule has 0 spiro atoms. The molecule has 4 heteroatoms. The minimum absolute atomic E-state index is 0.304. The van der Waals surface area contributed by atoms with E-state index in [9.17, 15) is 0 Å². The van der Waals surface area contributed by atoms with Crippen LogP contribution in [0.4, 0.5) is 0 Å². The zero-order chi connectivity index (χ0) is 11.6. The molecule has 2 rings (SSSR count). The molecule has 0 saturated heterocycles. The monoisotopic (exact) mass is 237 g/mol. The van der Waals surface area contributed by atoms with Crippen LogP contribution in [0.5, 0.6) is 0 Å². The lowest BCUT2D eigenvalue weighted by Gasteiger charge is -2.26. The van der Waals surface area contributed by atoms with E-state index in [0.717, 1.165) is 17.9 Å². The maximum atomic E-state index is 4.64. The third-order valence-electron chi connectivity index (χ3n) is 3.21. The summed E-state index contributed by atoms with van der Waals surface area (Å²) in [5.74, 6) is 0. The Labute approximate surface area is 101 Å². The van der Waals surface area contributed by atoms with Gasteiger partial charge in [-0.1, -0.05) is 13.8 Å². The molecule has 0 aliphatic carbocycles. The molecule has 0 saturated carbocycles. The van der Waals surface area contributed by atoms with E-state index in [1.807, 2.05) is 7.05 Å². The van der Waals surface area contributed by atoms with Crippen molar-refractivity contribution in [2.45, 2.75) is 26.7 Å². The second-order valence-corrected chi connectivity index (χ2v) is 5.57. The van der Waals surface area contributed by atoms with E-state index in [0.29, 0.717) is 5.41 Å². The van der Waals surface area contributed by atoms with Gasteiger partial charge in [0.25, 0.3) is 0 Å². The molecule has 0 aliphatic heterocycles. The number of imidazole rings is 1. The number of hydrogen-bond acceptors (Lipinski definition) is 3. The number of thiazole rings is 1. The van der Waals surface area contributed by atoms with Gasteiger partial charge in [-0.25, -0.2) is 4.98 Å². The molecule has 0 amide bonds. The molecule has 1 N–H and O–H groups in total. The summed E-state index contributed by atoms with van der Waals surface area (Å²) in [7, 11) is 2.01. The maximum Gasteiger partial charge on any atom is 0.193 e. The molecule has 0 aromatic carbocycles. The van der Waals surface area contributed by atoms with Crippen molar-refractivity contribution in [3.63, 3.8) is 0 Å². The molecule has 2 heterocycles. The van der Waals surface area contributed by atoms with Gasteiger partial charge in [-0.15, -0.1) is 11.3 Å². The van der Waals surface area contributed by atoms with Crippen LogP contribution in [0.2, 0.25) is 0 Å². The van der Waals surface area contributed by atoms with Crippen LogP contribution in [-0.4, -0.2) is 23.0 Å². The van der Waals surface area contributed by atoms with Gasteiger partial charge < -0.3 is 5.32 Å². The smallest absolute Gasteiger partial charge is 0.193 e. The Morgan fingerprint density at radius 3 is 3.00 bits per heavy atom. The van der Waals surface area contributed by atoms with Crippen molar-refractivity contribution < 1.29 is 0 Å². The number of hydrogen-bond donors (Lipinski definition) is 1. The van der Waals surface area contributed by atoms with Crippen molar-refractivity contribution in [2.75, 3.05) is 13.6 Å². The topological polar surface area (TPSA) is 29.3 Å². The first-order chi connectivity index (χ1) is 7.67. The first kappa shape index (κ1) is 11.6. The average Bonchev–Trinajstić information content (AvgIpc) is 2.78. The summed E-state index contributed by atoms with van der Waals surface area (Å²) in [6.45, 7) is 5.60. The molecule has 0 fully saturated rings. The number of rotatable bonds is 5. The van der Waals surface area contributed by atoms with Gasteiger partial charge in [0.2, 0.25) is 0 Å². The molecule has 16 heavy (non-hydrogen) atoms. The molecule has 0 aliphatic rings. The third kappa shape index (κ3) is 2.28. The minimum Gasteiger partial charge on any atom is -0.319 e. The normalized spacial score (nSPS) is 15.4. The van der Waals surface area contributed by atoms with Crippen molar-refractivity contribution in [3.05, 3.63) is 23.5 Å². The Bertz CT molecular complexity index is 431. The van der Waals surface area contributed by atoms with Crippen LogP contribution in [0, 0.1) is 5.41 Å². The molecular formula is C12H19N3S. The lowest BCUT2D eigenvalue weighted by atomic mass is 9.83. The van der Waals surface area contributed by atoms with Gasteiger partial charge in [-0.05, 0) is 25.3 Å². The van der Waals surface area contributed by atoms with Crippen LogP contribution in [0.15, 0.2) is 17.8 Å². The quantitative estimate of drug-likeness (QED) is 0.866. The Hall–Kier alpha value is -0.870. The van der Waals surface area contributed by atoms with Crippen molar-refractivity contribution in [3.8, 4) is 0 Å². The molecule has 3 nitrogen and oxygen atoms in total. The fourth-order valence-electron chi connectivity index (χ4n) is 2.04. The van der Waals surface area contributed by atoms with E-state index >= 15 is 0 Å². The predicted molar refractivity (Wildman–Crippen MR) is 69.1 cm³/mol. The highest BCUT2D eigenvalue weighted by Crippen LogP contribution is 2.26. The number of fused-ring (bicyclic) bond motifs is 1. The van der Waals surface area contributed by atoms with Crippen LogP contribution >= 0.6 is 11.3 Å². The highest BCUT2D eigenvalue weighted by Gasteiger charge is 2.23. The zero-order valence-corrected chi connectivity index (χ0v) is 11.0. The second kappa shape index (κ2) is 4.55. The zero-order valence-electron chi connectivity index (χ0n) is 10.2. The Morgan fingerprint density at radius 2 is 2.38 bits per heavy atom. The third-order valence-corrected chi connectivity index (χ3v) is 3.98. The highest BCUT2D eigenvalue weighted by molar-refractivity contribution is 7.15. The van der Waals surface area contributed by atoms with Gasteiger partial charge in [-0.2, -0.15) is 0 Å². The van der Waals surface area contributed by atoms with Crippen LogP contribution in [0.1, 0.15) is 26.0 Å². The summed E-state index contributed by atoms with van der Waals surface area (Å²) in [5.41, 5.74) is 1.50. The summed E-state index contributed by atoms with van der Waals surface area (Å²) in [6.07, 6.45) is 6.42. The largest absolute Gasteiger partial charge is 0.319 e. The summed E-state index contributed by atoms with van der Waals surface area (Å²) in [5, 5.41) is 5.34. The van der Waals surface area contributed by atoms with E-state index in [1.54, 1.807) is 11.3 Å². The lowest BCUT2D eigenvalue weighted by Crippen LogP contribution is -2.31. The average molecular weight is 237 g/mol. The van der Waals surface area contributed by atoms with Crippen molar-refractivity contribution in [1.82, 2.24) is 14.7 Å². The summed E-state index contributed by atoms with van der Waals surface area (Å²) in [4.78, 5) is 5.74. The Morgan fingerprint density at radius 1 is 1.56 bits per heavy atom. The molecule has 88 valence electrons. The molecule has 1 unspecified atom stereocenters. The number of nitrogens with zero attached hydrogens (tertiary/aromatic N) is 2. The molecule has 1 atom stereocenters. The Balaban J connectivity index is 2.16.